The number of halogens is 1. The van der Waals surface area contributed by atoms with Crippen molar-refractivity contribution >= 4 is 23.5 Å². The van der Waals surface area contributed by atoms with Crippen LogP contribution in [0.3, 0.4) is 0 Å². The molecule has 0 aliphatic carbocycles. The third kappa shape index (κ3) is 3.08. The molecule has 0 spiro atoms. The van der Waals surface area contributed by atoms with E-state index in [-0.39, 0.29) is 22.6 Å². The van der Waals surface area contributed by atoms with Crippen LogP contribution in [0, 0.1) is 6.92 Å². The normalized spacial score (nSPS) is 10.8. The Balaban J connectivity index is 2.25. The van der Waals surface area contributed by atoms with Crippen molar-refractivity contribution in [3.8, 4) is 0 Å². The van der Waals surface area contributed by atoms with E-state index in [0.29, 0.717) is 11.5 Å². The monoisotopic (exact) mass is 280 g/mol. The Morgan fingerprint density at radius 3 is 2.74 bits per heavy atom. The van der Waals surface area contributed by atoms with Crippen LogP contribution in [0.15, 0.2) is 16.9 Å². The highest BCUT2D eigenvalue weighted by atomic mass is 35.5. The Kier molecular flexibility index (Phi) is 3.80. The highest BCUT2D eigenvalue weighted by Crippen LogP contribution is 2.17. The molecule has 2 rings (SSSR count). The summed E-state index contributed by atoms with van der Waals surface area (Å²) in [5.74, 6) is 0.182. The zero-order valence-electron chi connectivity index (χ0n) is 10.8. The number of nitrogens with zero attached hydrogens (tertiary/aromatic N) is 3. The van der Waals surface area contributed by atoms with Gasteiger partial charge in [0.25, 0.3) is 5.91 Å². The fourth-order valence-electron chi connectivity index (χ4n) is 1.39. The maximum atomic E-state index is 12.0. The fourth-order valence-corrected chi connectivity index (χ4v) is 1.56. The molecule has 0 atom stereocenters. The molecular formula is C12H13ClN4O2. The summed E-state index contributed by atoms with van der Waals surface area (Å²) in [5, 5.41) is 2.68. The minimum Gasteiger partial charge on any atom is -0.432 e. The van der Waals surface area contributed by atoms with E-state index < -0.39 is 5.91 Å². The van der Waals surface area contributed by atoms with Crippen LogP contribution in [-0.4, -0.2) is 20.9 Å². The fraction of sp³-hybridized carbons (Fsp3) is 0.333. The summed E-state index contributed by atoms with van der Waals surface area (Å²) in [7, 11) is 0. The molecule has 0 bridgehead atoms. The number of carbonyl (C=O) groups excluding carboxylic acids is 1. The molecule has 0 saturated carbocycles. The summed E-state index contributed by atoms with van der Waals surface area (Å²) in [4.78, 5) is 24.2. The number of carbonyl (C=O) groups is 1. The number of rotatable bonds is 3. The van der Waals surface area contributed by atoms with Crippen molar-refractivity contribution in [2.45, 2.75) is 26.7 Å². The van der Waals surface area contributed by atoms with Crippen molar-refractivity contribution in [2.75, 3.05) is 5.32 Å². The predicted molar refractivity (Wildman–Crippen MR) is 70.3 cm³/mol. The lowest BCUT2D eigenvalue weighted by Crippen LogP contribution is -2.16. The van der Waals surface area contributed by atoms with Gasteiger partial charge >= 0.3 is 6.01 Å². The van der Waals surface area contributed by atoms with Gasteiger partial charge in [-0.15, -0.1) is 0 Å². The number of hydrogen-bond acceptors (Lipinski definition) is 5. The smallest absolute Gasteiger partial charge is 0.301 e. The number of nitrogens with one attached hydrogen (secondary N) is 1. The van der Waals surface area contributed by atoms with Crippen molar-refractivity contribution in [3.05, 3.63) is 34.7 Å². The Labute approximate surface area is 115 Å². The van der Waals surface area contributed by atoms with Gasteiger partial charge in [-0.05, 0) is 6.92 Å². The van der Waals surface area contributed by atoms with Crippen molar-refractivity contribution in [1.29, 1.82) is 0 Å². The average molecular weight is 281 g/mol. The van der Waals surface area contributed by atoms with Gasteiger partial charge in [-0.1, -0.05) is 25.4 Å². The molecule has 2 aromatic rings. The first-order valence-electron chi connectivity index (χ1n) is 5.73. The molecule has 0 saturated heterocycles. The predicted octanol–water partition coefficient (Wildman–Crippen LogP) is 2.80. The number of amides is 1. The Hall–Kier alpha value is -1.95. The van der Waals surface area contributed by atoms with Crippen LogP contribution in [0.2, 0.25) is 5.02 Å². The van der Waals surface area contributed by atoms with Crippen LogP contribution >= 0.6 is 11.6 Å². The summed E-state index contributed by atoms with van der Waals surface area (Å²) in [6.07, 6.45) is 2.86. The SMILES string of the molecule is Cc1coc(NC(=O)c2nc(C(C)C)ncc2Cl)n1. The maximum absolute atomic E-state index is 12.0. The second-order valence-electron chi connectivity index (χ2n) is 4.33. The summed E-state index contributed by atoms with van der Waals surface area (Å²) < 4.78 is 5.04. The number of oxazole rings is 1. The van der Waals surface area contributed by atoms with E-state index in [4.69, 9.17) is 16.0 Å². The lowest BCUT2D eigenvalue weighted by molar-refractivity contribution is 0.101. The van der Waals surface area contributed by atoms with Crippen molar-refractivity contribution in [3.63, 3.8) is 0 Å². The van der Waals surface area contributed by atoms with Gasteiger partial charge in [0.2, 0.25) is 0 Å². The van der Waals surface area contributed by atoms with Crippen molar-refractivity contribution < 1.29 is 9.21 Å². The number of aromatic nitrogens is 3. The topological polar surface area (TPSA) is 80.9 Å². The average Bonchev–Trinajstić information content (AvgIpc) is 2.74. The molecule has 100 valence electrons. The molecule has 0 aliphatic heterocycles. The van der Waals surface area contributed by atoms with Gasteiger partial charge in [0.1, 0.15) is 12.1 Å². The molecule has 7 heteroatoms. The Bertz CT molecular complexity index is 610. The molecule has 6 nitrogen and oxygen atoms in total. The largest absolute Gasteiger partial charge is 0.432 e. The first-order valence-corrected chi connectivity index (χ1v) is 6.11. The number of aryl methyl sites for hydroxylation is 1. The quantitative estimate of drug-likeness (QED) is 0.935. The highest BCUT2D eigenvalue weighted by molar-refractivity contribution is 6.33. The molecule has 0 radical (unpaired) electrons. The summed E-state index contributed by atoms with van der Waals surface area (Å²) in [5.41, 5.74) is 0.781. The lowest BCUT2D eigenvalue weighted by Gasteiger charge is -2.07. The summed E-state index contributed by atoms with van der Waals surface area (Å²) in [6.45, 7) is 5.62. The third-order valence-electron chi connectivity index (χ3n) is 2.33. The van der Waals surface area contributed by atoms with E-state index in [0.717, 1.165) is 0 Å². The van der Waals surface area contributed by atoms with Gasteiger partial charge in [0.05, 0.1) is 16.9 Å². The molecule has 0 fully saturated rings. The van der Waals surface area contributed by atoms with Crippen LogP contribution in [-0.2, 0) is 0 Å². The first-order chi connectivity index (χ1) is 8.97. The number of anilines is 1. The summed E-state index contributed by atoms with van der Waals surface area (Å²) in [6, 6.07) is 0.114. The molecule has 0 aromatic carbocycles. The van der Waals surface area contributed by atoms with E-state index >= 15 is 0 Å². The van der Waals surface area contributed by atoms with Crippen LogP contribution in [0.1, 0.15) is 41.8 Å². The van der Waals surface area contributed by atoms with E-state index in [9.17, 15) is 4.79 Å². The van der Waals surface area contributed by atoms with Crippen LogP contribution in [0.4, 0.5) is 6.01 Å². The van der Waals surface area contributed by atoms with Gasteiger partial charge in [0, 0.05) is 5.92 Å². The van der Waals surface area contributed by atoms with Gasteiger partial charge in [-0.2, -0.15) is 4.98 Å². The zero-order valence-corrected chi connectivity index (χ0v) is 11.5. The minimum atomic E-state index is -0.476. The van der Waals surface area contributed by atoms with Crippen LogP contribution in [0.5, 0.6) is 0 Å². The number of hydrogen-bond donors (Lipinski definition) is 1. The zero-order chi connectivity index (χ0) is 14.0. The molecule has 1 amide bonds. The van der Waals surface area contributed by atoms with E-state index in [1.807, 2.05) is 13.8 Å². The van der Waals surface area contributed by atoms with Gasteiger partial charge in [0.15, 0.2) is 5.69 Å². The van der Waals surface area contributed by atoms with Crippen molar-refractivity contribution in [2.24, 2.45) is 0 Å². The highest BCUT2D eigenvalue weighted by Gasteiger charge is 2.17. The molecular weight excluding hydrogens is 268 g/mol. The first kappa shape index (κ1) is 13.5. The minimum absolute atomic E-state index is 0.104. The molecule has 0 aliphatic rings. The molecule has 19 heavy (non-hydrogen) atoms. The van der Waals surface area contributed by atoms with E-state index in [1.165, 1.54) is 12.5 Å². The molecule has 2 aromatic heterocycles. The van der Waals surface area contributed by atoms with E-state index in [1.54, 1.807) is 6.92 Å². The lowest BCUT2D eigenvalue weighted by atomic mass is 10.2. The van der Waals surface area contributed by atoms with Crippen molar-refractivity contribution in [1.82, 2.24) is 15.0 Å². The molecule has 0 unspecified atom stereocenters. The third-order valence-corrected chi connectivity index (χ3v) is 2.61. The molecule has 1 N–H and O–H groups in total. The standard InChI is InChI=1S/C12H13ClN4O2/c1-6(2)10-14-4-8(13)9(16-10)11(18)17-12-15-7(3)5-19-12/h4-6H,1-3H3,(H,15,17,18). The van der Waals surface area contributed by atoms with Gasteiger partial charge in [-0.25, -0.2) is 9.97 Å². The van der Waals surface area contributed by atoms with Crippen LogP contribution in [0.25, 0.3) is 0 Å². The van der Waals surface area contributed by atoms with Crippen LogP contribution < -0.4 is 5.32 Å². The second kappa shape index (κ2) is 5.36. The summed E-state index contributed by atoms with van der Waals surface area (Å²) >= 11 is 5.93. The van der Waals surface area contributed by atoms with E-state index in [2.05, 4.69) is 20.3 Å². The van der Waals surface area contributed by atoms with Gasteiger partial charge < -0.3 is 4.42 Å². The molecule has 2 heterocycles. The second-order valence-corrected chi connectivity index (χ2v) is 4.73. The van der Waals surface area contributed by atoms with Gasteiger partial charge in [-0.3, -0.25) is 10.1 Å². The Morgan fingerprint density at radius 2 is 2.16 bits per heavy atom. The maximum Gasteiger partial charge on any atom is 0.301 e. The Morgan fingerprint density at radius 1 is 1.42 bits per heavy atom.